The summed E-state index contributed by atoms with van der Waals surface area (Å²) >= 11 is 0. The Morgan fingerprint density at radius 1 is 1.55 bits per heavy atom. The van der Waals surface area contributed by atoms with E-state index in [-0.39, 0.29) is 12.0 Å². The summed E-state index contributed by atoms with van der Waals surface area (Å²) in [5.41, 5.74) is 0. The molecule has 3 atom stereocenters. The van der Waals surface area contributed by atoms with Gasteiger partial charge in [-0.25, -0.2) is 0 Å². The maximum Gasteiger partial charge on any atom is 0.0655 e. The van der Waals surface area contributed by atoms with Crippen molar-refractivity contribution in [1.29, 1.82) is 5.26 Å². The highest BCUT2D eigenvalue weighted by atomic mass is 16.3. The van der Waals surface area contributed by atoms with Gasteiger partial charge >= 0.3 is 0 Å². The molecule has 1 aliphatic rings. The number of rotatable bonds is 1. The molecule has 11 heavy (non-hydrogen) atoms. The van der Waals surface area contributed by atoms with Crippen LogP contribution in [0.5, 0.6) is 0 Å². The summed E-state index contributed by atoms with van der Waals surface area (Å²) in [5, 5.41) is 17.9. The van der Waals surface area contributed by atoms with Crippen molar-refractivity contribution in [1.82, 2.24) is 0 Å². The highest BCUT2D eigenvalue weighted by molar-refractivity contribution is 4.88. The normalized spacial score (nSPS) is 34.3. The van der Waals surface area contributed by atoms with E-state index in [0.717, 1.165) is 25.7 Å². The highest BCUT2D eigenvalue weighted by Crippen LogP contribution is 2.30. The third-order valence-corrected chi connectivity index (χ3v) is 2.58. The van der Waals surface area contributed by atoms with E-state index in [0.29, 0.717) is 5.92 Å². The minimum atomic E-state index is -0.230. The summed E-state index contributed by atoms with van der Waals surface area (Å²) in [6.45, 7) is 1.82. The fourth-order valence-electron chi connectivity index (χ4n) is 1.78. The predicted octanol–water partition coefficient (Wildman–Crippen LogP) is 1.70. The summed E-state index contributed by atoms with van der Waals surface area (Å²) in [5.74, 6) is 0.566. The second kappa shape index (κ2) is 3.73. The molecule has 0 heterocycles. The molecule has 1 N–H and O–H groups in total. The molecular weight excluding hydrogens is 138 g/mol. The van der Waals surface area contributed by atoms with Crippen molar-refractivity contribution in [2.24, 2.45) is 11.8 Å². The Hall–Kier alpha value is -0.550. The first-order valence-corrected chi connectivity index (χ1v) is 4.31. The van der Waals surface area contributed by atoms with Gasteiger partial charge in [-0.15, -0.1) is 0 Å². The van der Waals surface area contributed by atoms with E-state index < -0.39 is 0 Å². The third-order valence-electron chi connectivity index (χ3n) is 2.58. The molecule has 1 saturated carbocycles. The Kier molecular flexibility index (Phi) is 2.90. The van der Waals surface area contributed by atoms with Crippen LogP contribution in [0.15, 0.2) is 0 Å². The van der Waals surface area contributed by atoms with E-state index in [4.69, 9.17) is 5.26 Å². The van der Waals surface area contributed by atoms with Crippen LogP contribution in [0.3, 0.4) is 0 Å². The second-order valence-corrected chi connectivity index (χ2v) is 3.49. The quantitative estimate of drug-likeness (QED) is 0.623. The monoisotopic (exact) mass is 153 g/mol. The van der Waals surface area contributed by atoms with Crippen LogP contribution in [0.4, 0.5) is 0 Å². The summed E-state index contributed by atoms with van der Waals surface area (Å²) in [6.07, 6.45) is 3.89. The molecule has 2 heteroatoms. The van der Waals surface area contributed by atoms with Crippen LogP contribution in [0.1, 0.15) is 32.6 Å². The lowest BCUT2D eigenvalue weighted by molar-refractivity contribution is 0.0919. The molecule has 0 aromatic carbocycles. The van der Waals surface area contributed by atoms with Crippen molar-refractivity contribution < 1.29 is 5.11 Å². The van der Waals surface area contributed by atoms with Gasteiger partial charge < -0.3 is 5.11 Å². The standard InChI is InChI=1S/C9H15NO/c1-7(11)9-4-2-3-8(5-9)6-10/h7-9,11H,2-5H2,1H3. The van der Waals surface area contributed by atoms with Crippen LogP contribution >= 0.6 is 0 Å². The summed E-state index contributed by atoms with van der Waals surface area (Å²) in [4.78, 5) is 0. The Morgan fingerprint density at radius 3 is 2.82 bits per heavy atom. The van der Waals surface area contributed by atoms with Crippen LogP contribution < -0.4 is 0 Å². The van der Waals surface area contributed by atoms with Crippen molar-refractivity contribution in [3.05, 3.63) is 0 Å². The first-order valence-electron chi connectivity index (χ1n) is 4.31. The first kappa shape index (κ1) is 8.55. The Labute approximate surface area is 67.8 Å². The van der Waals surface area contributed by atoms with Gasteiger partial charge in [0.05, 0.1) is 12.2 Å². The van der Waals surface area contributed by atoms with Crippen molar-refractivity contribution in [3.8, 4) is 6.07 Å². The fraction of sp³-hybridized carbons (Fsp3) is 0.889. The molecule has 0 aliphatic heterocycles. The van der Waals surface area contributed by atoms with Gasteiger partial charge in [-0.1, -0.05) is 6.42 Å². The summed E-state index contributed by atoms with van der Waals surface area (Å²) < 4.78 is 0. The first-order chi connectivity index (χ1) is 5.24. The molecule has 1 rings (SSSR count). The second-order valence-electron chi connectivity index (χ2n) is 3.49. The maximum atomic E-state index is 9.28. The van der Waals surface area contributed by atoms with Crippen LogP contribution in [0.25, 0.3) is 0 Å². The van der Waals surface area contributed by atoms with Gasteiger partial charge in [0.2, 0.25) is 0 Å². The van der Waals surface area contributed by atoms with Crippen molar-refractivity contribution in [2.45, 2.75) is 38.7 Å². The van der Waals surface area contributed by atoms with Crippen LogP contribution in [-0.4, -0.2) is 11.2 Å². The lowest BCUT2D eigenvalue weighted by atomic mass is 9.80. The number of nitriles is 1. The summed E-state index contributed by atoms with van der Waals surface area (Å²) in [7, 11) is 0. The Balaban J connectivity index is 2.41. The summed E-state index contributed by atoms with van der Waals surface area (Å²) in [6, 6.07) is 2.28. The number of aliphatic hydroxyl groups is 1. The average Bonchev–Trinajstić information content (AvgIpc) is 2.05. The molecule has 2 nitrogen and oxygen atoms in total. The molecule has 0 aromatic heterocycles. The zero-order valence-corrected chi connectivity index (χ0v) is 6.95. The van der Waals surface area contributed by atoms with E-state index in [1.165, 1.54) is 0 Å². The van der Waals surface area contributed by atoms with Gasteiger partial charge in [0, 0.05) is 5.92 Å². The Morgan fingerprint density at radius 2 is 2.27 bits per heavy atom. The highest BCUT2D eigenvalue weighted by Gasteiger charge is 2.24. The molecule has 0 saturated heterocycles. The number of hydrogen-bond donors (Lipinski definition) is 1. The molecule has 0 radical (unpaired) electrons. The number of hydrogen-bond acceptors (Lipinski definition) is 2. The van der Waals surface area contributed by atoms with Crippen molar-refractivity contribution in [3.63, 3.8) is 0 Å². The molecule has 3 unspecified atom stereocenters. The molecule has 62 valence electrons. The molecule has 0 spiro atoms. The number of aliphatic hydroxyl groups excluding tert-OH is 1. The molecule has 0 amide bonds. The van der Waals surface area contributed by atoms with Crippen LogP contribution in [0, 0.1) is 23.2 Å². The van der Waals surface area contributed by atoms with Crippen LogP contribution in [-0.2, 0) is 0 Å². The van der Waals surface area contributed by atoms with E-state index in [2.05, 4.69) is 6.07 Å². The Bertz CT molecular complexity index is 159. The lowest BCUT2D eigenvalue weighted by Crippen LogP contribution is -2.23. The fourth-order valence-corrected chi connectivity index (χ4v) is 1.78. The SMILES string of the molecule is CC(O)C1CCCC(C#N)C1. The topological polar surface area (TPSA) is 44.0 Å². The zero-order chi connectivity index (χ0) is 8.27. The zero-order valence-electron chi connectivity index (χ0n) is 6.95. The van der Waals surface area contributed by atoms with Crippen molar-refractivity contribution >= 4 is 0 Å². The smallest absolute Gasteiger partial charge is 0.0655 e. The van der Waals surface area contributed by atoms with E-state index in [1.807, 2.05) is 6.92 Å². The largest absolute Gasteiger partial charge is 0.393 e. The van der Waals surface area contributed by atoms with E-state index in [1.54, 1.807) is 0 Å². The molecule has 1 aliphatic carbocycles. The third kappa shape index (κ3) is 2.20. The van der Waals surface area contributed by atoms with Gasteiger partial charge in [0.15, 0.2) is 0 Å². The minimum absolute atomic E-state index is 0.198. The molecule has 0 bridgehead atoms. The van der Waals surface area contributed by atoms with Crippen molar-refractivity contribution in [2.75, 3.05) is 0 Å². The average molecular weight is 153 g/mol. The van der Waals surface area contributed by atoms with E-state index in [9.17, 15) is 5.11 Å². The van der Waals surface area contributed by atoms with E-state index >= 15 is 0 Å². The molecular formula is C9H15NO. The molecule has 1 fully saturated rings. The van der Waals surface area contributed by atoms with Crippen LogP contribution in [0.2, 0.25) is 0 Å². The molecule has 0 aromatic rings. The van der Waals surface area contributed by atoms with Gasteiger partial charge in [-0.2, -0.15) is 5.26 Å². The maximum absolute atomic E-state index is 9.28. The predicted molar refractivity (Wildman–Crippen MR) is 42.7 cm³/mol. The lowest BCUT2D eigenvalue weighted by Gasteiger charge is -2.26. The minimum Gasteiger partial charge on any atom is -0.393 e. The number of nitrogens with zero attached hydrogens (tertiary/aromatic N) is 1. The van der Waals surface area contributed by atoms with Gasteiger partial charge in [0.25, 0.3) is 0 Å². The van der Waals surface area contributed by atoms with Gasteiger partial charge in [-0.3, -0.25) is 0 Å². The van der Waals surface area contributed by atoms with Gasteiger partial charge in [-0.05, 0) is 32.1 Å². The van der Waals surface area contributed by atoms with Gasteiger partial charge in [0.1, 0.15) is 0 Å².